The van der Waals surface area contributed by atoms with Gasteiger partial charge in [-0.2, -0.15) is 13.2 Å². The zero-order chi connectivity index (χ0) is 15.4. The second-order valence-corrected chi connectivity index (χ2v) is 5.55. The van der Waals surface area contributed by atoms with Crippen molar-refractivity contribution in [2.24, 2.45) is 0 Å². The topological polar surface area (TPSA) is 45.5 Å². The van der Waals surface area contributed by atoms with Gasteiger partial charge in [0.1, 0.15) is 12.3 Å². The van der Waals surface area contributed by atoms with Crippen LogP contribution < -0.4 is 5.32 Å². The highest BCUT2D eigenvalue weighted by molar-refractivity contribution is 5.78. The third kappa shape index (κ3) is 6.60. The van der Waals surface area contributed by atoms with Crippen molar-refractivity contribution in [3.8, 4) is 0 Å². The Labute approximate surface area is 115 Å². The fourth-order valence-electron chi connectivity index (χ4n) is 1.49. The molecule has 7 heteroatoms. The molecule has 0 atom stereocenters. The minimum Gasteiger partial charge on any atom is -0.467 e. The Bertz CT molecular complexity index is 422. The average molecular weight is 292 g/mol. The summed E-state index contributed by atoms with van der Waals surface area (Å²) in [5.41, 5.74) is -0.343. The van der Waals surface area contributed by atoms with Gasteiger partial charge in [-0.3, -0.25) is 4.79 Å². The van der Waals surface area contributed by atoms with E-state index in [4.69, 9.17) is 4.42 Å². The van der Waals surface area contributed by atoms with Crippen LogP contribution in [0.5, 0.6) is 0 Å². The van der Waals surface area contributed by atoms with Gasteiger partial charge in [0.2, 0.25) is 5.91 Å². The van der Waals surface area contributed by atoms with Crippen LogP contribution in [0.25, 0.3) is 0 Å². The first-order chi connectivity index (χ1) is 9.07. The Morgan fingerprint density at radius 2 is 2.00 bits per heavy atom. The minimum absolute atomic E-state index is 0.152. The number of furan rings is 1. The Balaban J connectivity index is 2.68. The molecule has 1 N–H and O–H groups in total. The van der Waals surface area contributed by atoms with E-state index in [1.54, 1.807) is 6.07 Å². The van der Waals surface area contributed by atoms with Crippen molar-refractivity contribution < 1.29 is 22.4 Å². The molecule has 1 amide bonds. The van der Waals surface area contributed by atoms with E-state index in [1.165, 1.54) is 12.3 Å². The quantitative estimate of drug-likeness (QED) is 0.907. The zero-order valence-corrected chi connectivity index (χ0v) is 11.8. The number of nitrogens with zero attached hydrogens (tertiary/aromatic N) is 1. The summed E-state index contributed by atoms with van der Waals surface area (Å²) < 4.78 is 42.6. The van der Waals surface area contributed by atoms with E-state index in [1.807, 2.05) is 20.8 Å². The van der Waals surface area contributed by atoms with Gasteiger partial charge in [-0.25, -0.2) is 0 Å². The molecule has 1 rings (SSSR count). The zero-order valence-electron chi connectivity index (χ0n) is 11.8. The maximum absolute atomic E-state index is 12.5. The molecule has 1 heterocycles. The monoisotopic (exact) mass is 292 g/mol. The molecule has 0 bridgehead atoms. The van der Waals surface area contributed by atoms with Gasteiger partial charge in [0.05, 0.1) is 19.4 Å². The molecule has 0 aliphatic rings. The lowest BCUT2D eigenvalue weighted by atomic mass is 10.1. The van der Waals surface area contributed by atoms with Crippen molar-refractivity contribution in [2.45, 2.75) is 39.0 Å². The average Bonchev–Trinajstić information content (AvgIpc) is 2.74. The summed E-state index contributed by atoms with van der Waals surface area (Å²) in [5, 5.41) is 2.88. The van der Waals surface area contributed by atoms with Gasteiger partial charge in [-0.1, -0.05) is 0 Å². The largest absolute Gasteiger partial charge is 0.467 e. The summed E-state index contributed by atoms with van der Waals surface area (Å²) in [5.74, 6) is -0.299. The highest BCUT2D eigenvalue weighted by Gasteiger charge is 2.33. The SMILES string of the molecule is CC(C)(C)NCC(=O)N(Cc1ccco1)CC(F)(F)F. The van der Waals surface area contributed by atoms with Crippen LogP contribution in [-0.2, 0) is 11.3 Å². The van der Waals surface area contributed by atoms with Gasteiger partial charge in [0, 0.05) is 5.54 Å². The first-order valence-corrected chi connectivity index (χ1v) is 6.19. The Morgan fingerprint density at radius 1 is 1.35 bits per heavy atom. The van der Waals surface area contributed by atoms with Gasteiger partial charge in [-0.15, -0.1) is 0 Å². The van der Waals surface area contributed by atoms with E-state index >= 15 is 0 Å². The van der Waals surface area contributed by atoms with E-state index in [2.05, 4.69) is 5.32 Å². The van der Waals surface area contributed by atoms with E-state index in [0.717, 1.165) is 4.90 Å². The summed E-state index contributed by atoms with van der Waals surface area (Å²) >= 11 is 0. The number of amides is 1. The van der Waals surface area contributed by atoms with Crippen molar-refractivity contribution in [1.82, 2.24) is 10.2 Å². The van der Waals surface area contributed by atoms with Crippen LogP contribution in [0.3, 0.4) is 0 Å². The summed E-state index contributed by atoms with van der Waals surface area (Å²) in [4.78, 5) is 12.6. The number of hydrogen-bond acceptors (Lipinski definition) is 3. The molecule has 0 spiro atoms. The second kappa shape index (κ2) is 6.30. The molecular weight excluding hydrogens is 273 g/mol. The van der Waals surface area contributed by atoms with Crippen LogP contribution in [0.1, 0.15) is 26.5 Å². The maximum atomic E-state index is 12.5. The predicted molar refractivity (Wildman–Crippen MR) is 67.9 cm³/mol. The highest BCUT2D eigenvalue weighted by atomic mass is 19.4. The third-order valence-electron chi connectivity index (χ3n) is 2.42. The molecule has 4 nitrogen and oxygen atoms in total. The van der Waals surface area contributed by atoms with Crippen LogP contribution >= 0.6 is 0 Å². The summed E-state index contributed by atoms with van der Waals surface area (Å²) in [6, 6.07) is 3.10. The smallest absolute Gasteiger partial charge is 0.406 e. The van der Waals surface area contributed by atoms with Gasteiger partial charge >= 0.3 is 6.18 Å². The number of carbonyl (C=O) groups excluding carboxylic acids is 1. The van der Waals surface area contributed by atoms with E-state index in [-0.39, 0.29) is 18.6 Å². The van der Waals surface area contributed by atoms with Crippen molar-refractivity contribution in [2.75, 3.05) is 13.1 Å². The fourth-order valence-corrected chi connectivity index (χ4v) is 1.49. The Hall–Kier alpha value is -1.50. The van der Waals surface area contributed by atoms with Gasteiger partial charge in [-0.05, 0) is 32.9 Å². The molecule has 0 radical (unpaired) electrons. The molecule has 1 aromatic rings. The molecule has 0 aliphatic carbocycles. The van der Waals surface area contributed by atoms with E-state index in [9.17, 15) is 18.0 Å². The van der Waals surface area contributed by atoms with Gasteiger partial charge in [0.25, 0.3) is 0 Å². The number of hydrogen-bond donors (Lipinski definition) is 1. The molecule has 0 unspecified atom stereocenters. The molecule has 0 fully saturated rings. The summed E-state index contributed by atoms with van der Waals surface area (Å²) in [7, 11) is 0. The Kier molecular flexibility index (Phi) is 5.21. The molecule has 20 heavy (non-hydrogen) atoms. The fraction of sp³-hybridized carbons (Fsp3) is 0.615. The predicted octanol–water partition coefficient (Wildman–Crippen LogP) is 2.56. The molecular formula is C13H19F3N2O2. The van der Waals surface area contributed by atoms with Crippen molar-refractivity contribution in [1.29, 1.82) is 0 Å². The van der Waals surface area contributed by atoms with Crippen molar-refractivity contribution in [3.05, 3.63) is 24.2 Å². The third-order valence-corrected chi connectivity index (χ3v) is 2.42. The van der Waals surface area contributed by atoms with Crippen LogP contribution in [0, 0.1) is 0 Å². The number of rotatable bonds is 5. The van der Waals surface area contributed by atoms with Crippen LogP contribution in [0.2, 0.25) is 0 Å². The molecule has 0 aromatic carbocycles. The molecule has 0 aliphatic heterocycles. The first kappa shape index (κ1) is 16.6. The first-order valence-electron chi connectivity index (χ1n) is 6.19. The highest BCUT2D eigenvalue weighted by Crippen LogP contribution is 2.18. The lowest BCUT2D eigenvalue weighted by Gasteiger charge is -2.26. The molecule has 0 saturated heterocycles. The van der Waals surface area contributed by atoms with Crippen LogP contribution in [-0.4, -0.2) is 35.6 Å². The van der Waals surface area contributed by atoms with Gasteiger partial charge in [0.15, 0.2) is 0 Å². The summed E-state index contributed by atoms with van der Waals surface area (Å²) in [6.45, 7) is 3.86. The number of nitrogens with one attached hydrogen (secondary N) is 1. The lowest BCUT2D eigenvalue weighted by Crippen LogP contribution is -2.47. The van der Waals surface area contributed by atoms with E-state index < -0.39 is 18.6 Å². The standard InChI is InChI=1S/C13H19F3N2O2/c1-12(2,3)17-7-11(19)18(9-13(14,15)16)8-10-5-4-6-20-10/h4-6,17H,7-9H2,1-3H3. The normalized spacial score (nSPS) is 12.5. The maximum Gasteiger partial charge on any atom is 0.406 e. The minimum atomic E-state index is -4.44. The van der Waals surface area contributed by atoms with Crippen LogP contribution in [0.4, 0.5) is 13.2 Å². The molecule has 1 aromatic heterocycles. The van der Waals surface area contributed by atoms with Crippen molar-refractivity contribution >= 4 is 5.91 Å². The summed E-state index contributed by atoms with van der Waals surface area (Å²) in [6.07, 6.45) is -3.08. The number of carbonyl (C=O) groups is 1. The molecule has 114 valence electrons. The van der Waals surface area contributed by atoms with Crippen molar-refractivity contribution in [3.63, 3.8) is 0 Å². The van der Waals surface area contributed by atoms with E-state index in [0.29, 0.717) is 5.76 Å². The second-order valence-electron chi connectivity index (χ2n) is 5.55. The van der Waals surface area contributed by atoms with Gasteiger partial charge < -0.3 is 14.6 Å². The lowest BCUT2D eigenvalue weighted by molar-refractivity contribution is -0.162. The molecule has 0 saturated carbocycles. The number of halogens is 3. The Morgan fingerprint density at radius 3 is 2.45 bits per heavy atom. The van der Waals surface area contributed by atoms with Crippen LogP contribution in [0.15, 0.2) is 22.8 Å². The number of alkyl halides is 3.